The van der Waals surface area contributed by atoms with Gasteiger partial charge >= 0.3 is 0 Å². The molecule has 0 unspecified atom stereocenters. The van der Waals surface area contributed by atoms with E-state index in [1.165, 1.54) is 0 Å². The van der Waals surface area contributed by atoms with E-state index in [9.17, 15) is 4.79 Å². The van der Waals surface area contributed by atoms with E-state index >= 15 is 0 Å². The zero-order valence-corrected chi connectivity index (χ0v) is 19.6. The van der Waals surface area contributed by atoms with Crippen molar-refractivity contribution < 1.29 is 4.79 Å². The minimum atomic E-state index is -0.341. The maximum Gasteiger partial charge on any atom is 0.274 e. The molecule has 3 aromatic carbocycles. The number of fused-ring (bicyclic) bond motifs is 1. The van der Waals surface area contributed by atoms with Crippen LogP contribution < -0.4 is 0 Å². The van der Waals surface area contributed by atoms with Gasteiger partial charge in [-0.1, -0.05) is 70.0 Å². The average molecular weight is 505 g/mol. The van der Waals surface area contributed by atoms with Gasteiger partial charge in [-0.3, -0.25) is 4.79 Å². The largest absolute Gasteiger partial charge is 0.274 e. The summed E-state index contributed by atoms with van der Waals surface area (Å²) in [4.78, 5) is 18.1. The van der Waals surface area contributed by atoms with Crippen LogP contribution >= 0.6 is 27.5 Å². The van der Waals surface area contributed by atoms with Crippen molar-refractivity contribution in [3.05, 3.63) is 111 Å². The van der Waals surface area contributed by atoms with E-state index in [1.807, 2.05) is 73.7 Å². The zero-order valence-electron chi connectivity index (χ0n) is 17.3. The lowest BCUT2D eigenvalue weighted by molar-refractivity contribution is 0.0711. The fraction of sp³-hybridized carbons (Fsp3) is 0.115. The van der Waals surface area contributed by atoms with E-state index in [2.05, 4.69) is 20.9 Å². The highest BCUT2D eigenvalue weighted by Crippen LogP contribution is 2.38. The Hall–Kier alpha value is -3.02. The molecular weight excluding hydrogens is 486 g/mol. The summed E-state index contributed by atoms with van der Waals surface area (Å²) in [6.07, 6.45) is 0.555. The minimum absolute atomic E-state index is 0.164. The standard InChI is InChI=1S/C26H19BrClN3O/c1-16-7-8-19-14-21(25(28)29-22(19)13-16)24-15-23(17-9-11-20(27)12-10-17)30-31(24)26(32)18-5-3-2-4-6-18/h2-14,24H,15H2,1H3/t24-/m0/s1. The molecule has 0 aliphatic carbocycles. The van der Waals surface area contributed by atoms with Crippen molar-refractivity contribution in [3.63, 3.8) is 0 Å². The number of rotatable bonds is 3. The molecule has 1 aliphatic heterocycles. The highest BCUT2D eigenvalue weighted by atomic mass is 79.9. The predicted octanol–water partition coefficient (Wildman–Crippen LogP) is 6.95. The smallest absolute Gasteiger partial charge is 0.267 e. The lowest BCUT2D eigenvalue weighted by atomic mass is 9.98. The molecule has 1 aliphatic rings. The Kier molecular flexibility index (Phi) is 5.53. The molecular formula is C26H19BrClN3O. The number of amides is 1. The van der Waals surface area contributed by atoms with E-state index in [0.717, 1.165) is 37.8 Å². The number of carbonyl (C=O) groups excluding carboxylic acids is 1. The molecule has 0 radical (unpaired) electrons. The van der Waals surface area contributed by atoms with Gasteiger partial charge in [0.25, 0.3) is 5.91 Å². The second-order valence-electron chi connectivity index (χ2n) is 7.85. The van der Waals surface area contributed by atoms with Crippen molar-refractivity contribution in [2.45, 2.75) is 19.4 Å². The third-order valence-electron chi connectivity index (χ3n) is 5.63. The molecule has 4 aromatic rings. The molecule has 0 bridgehead atoms. The lowest BCUT2D eigenvalue weighted by Crippen LogP contribution is -2.27. The van der Waals surface area contributed by atoms with Crippen molar-refractivity contribution in [2.75, 3.05) is 0 Å². The number of pyridine rings is 1. The first-order valence-corrected chi connectivity index (χ1v) is 11.5. The number of hydrogen-bond donors (Lipinski definition) is 0. The fourth-order valence-corrected chi connectivity index (χ4v) is 4.51. The van der Waals surface area contributed by atoms with Gasteiger partial charge in [-0.25, -0.2) is 9.99 Å². The quantitative estimate of drug-likeness (QED) is 0.283. The number of halogens is 2. The molecule has 0 saturated carbocycles. The first-order chi connectivity index (χ1) is 15.5. The molecule has 32 heavy (non-hydrogen) atoms. The summed E-state index contributed by atoms with van der Waals surface area (Å²) < 4.78 is 0.991. The fourth-order valence-electron chi connectivity index (χ4n) is 3.97. The van der Waals surface area contributed by atoms with Gasteiger partial charge in [-0.05, 0) is 54.4 Å². The van der Waals surface area contributed by atoms with Gasteiger partial charge in [0.2, 0.25) is 0 Å². The summed E-state index contributed by atoms with van der Waals surface area (Å²) in [6, 6.07) is 24.9. The van der Waals surface area contributed by atoms with Crippen LogP contribution in [0.15, 0.2) is 88.4 Å². The SMILES string of the molecule is Cc1ccc2cc([C@@H]3CC(c4ccc(Br)cc4)=NN3C(=O)c3ccccc3)c(Cl)nc2c1. The maximum absolute atomic E-state index is 13.4. The number of hydrogen-bond acceptors (Lipinski definition) is 3. The molecule has 0 saturated heterocycles. The van der Waals surface area contributed by atoms with Gasteiger partial charge in [-0.2, -0.15) is 5.10 Å². The van der Waals surface area contributed by atoms with Gasteiger partial charge in [-0.15, -0.1) is 0 Å². The highest BCUT2D eigenvalue weighted by molar-refractivity contribution is 9.10. The second kappa shape index (κ2) is 8.49. The molecule has 6 heteroatoms. The van der Waals surface area contributed by atoms with Crippen molar-refractivity contribution in [1.82, 2.24) is 9.99 Å². The third kappa shape index (κ3) is 3.94. The van der Waals surface area contributed by atoms with Crippen LogP contribution in [0.3, 0.4) is 0 Å². The first-order valence-electron chi connectivity index (χ1n) is 10.3. The lowest BCUT2D eigenvalue weighted by Gasteiger charge is -2.23. The van der Waals surface area contributed by atoms with Crippen molar-refractivity contribution >= 4 is 50.1 Å². The van der Waals surface area contributed by atoms with Crippen LogP contribution in [-0.4, -0.2) is 21.6 Å². The Labute approximate surface area is 199 Å². The first kappa shape index (κ1) is 20.9. The Balaban J connectivity index is 1.60. The van der Waals surface area contributed by atoms with Crippen LogP contribution in [0.4, 0.5) is 0 Å². The number of carbonyl (C=O) groups is 1. The minimum Gasteiger partial charge on any atom is -0.267 e. The van der Waals surface area contributed by atoms with Crippen molar-refractivity contribution in [2.24, 2.45) is 5.10 Å². The molecule has 1 aromatic heterocycles. The number of aromatic nitrogens is 1. The Morgan fingerprint density at radius 3 is 2.53 bits per heavy atom. The number of nitrogens with zero attached hydrogens (tertiary/aromatic N) is 3. The maximum atomic E-state index is 13.4. The summed E-state index contributed by atoms with van der Waals surface area (Å²) in [7, 11) is 0. The molecule has 0 spiro atoms. The molecule has 1 atom stereocenters. The molecule has 5 rings (SSSR count). The van der Waals surface area contributed by atoms with Crippen LogP contribution in [0.2, 0.25) is 5.15 Å². The van der Waals surface area contributed by atoms with E-state index < -0.39 is 0 Å². The summed E-state index contributed by atoms with van der Waals surface area (Å²) in [5.41, 5.74) is 5.15. The van der Waals surface area contributed by atoms with E-state index in [-0.39, 0.29) is 11.9 Å². The Bertz CT molecular complexity index is 1350. The molecule has 1 amide bonds. The Morgan fingerprint density at radius 2 is 1.78 bits per heavy atom. The van der Waals surface area contributed by atoms with Crippen molar-refractivity contribution in [1.29, 1.82) is 0 Å². The monoisotopic (exact) mass is 503 g/mol. The summed E-state index contributed by atoms with van der Waals surface area (Å²) in [5, 5.41) is 7.69. The van der Waals surface area contributed by atoms with Crippen LogP contribution in [-0.2, 0) is 0 Å². The Morgan fingerprint density at radius 1 is 1.03 bits per heavy atom. The van der Waals surface area contributed by atoms with Crippen LogP contribution in [0.1, 0.15) is 39.5 Å². The summed E-state index contributed by atoms with van der Waals surface area (Å²) in [5.74, 6) is -0.164. The zero-order chi connectivity index (χ0) is 22.2. The van der Waals surface area contributed by atoms with Gasteiger partial charge < -0.3 is 0 Å². The topological polar surface area (TPSA) is 45.6 Å². The van der Waals surface area contributed by atoms with Gasteiger partial charge in [0.1, 0.15) is 5.15 Å². The molecule has 158 valence electrons. The van der Waals surface area contributed by atoms with Gasteiger partial charge in [0, 0.05) is 27.4 Å². The molecule has 2 heterocycles. The van der Waals surface area contributed by atoms with Gasteiger partial charge in [0.15, 0.2) is 0 Å². The summed E-state index contributed by atoms with van der Waals surface area (Å²) >= 11 is 10.1. The van der Waals surface area contributed by atoms with E-state index in [4.69, 9.17) is 16.7 Å². The number of hydrazone groups is 1. The number of aryl methyl sites for hydroxylation is 1. The molecule has 0 fully saturated rings. The predicted molar refractivity (Wildman–Crippen MR) is 132 cm³/mol. The van der Waals surface area contributed by atoms with Crippen LogP contribution in [0.5, 0.6) is 0 Å². The normalized spacial score (nSPS) is 15.8. The van der Waals surface area contributed by atoms with Crippen LogP contribution in [0, 0.1) is 6.92 Å². The van der Waals surface area contributed by atoms with Gasteiger partial charge in [0.05, 0.1) is 17.3 Å². The highest BCUT2D eigenvalue weighted by Gasteiger charge is 2.35. The van der Waals surface area contributed by atoms with E-state index in [1.54, 1.807) is 17.1 Å². The third-order valence-corrected chi connectivity index (χ3v) is 6.46. The second-order valence-corrected chi connectivity index (χ2v) is 9.13. The van der Waals surface area contributed by atoms with Crippen molar-refractivity contribution in [3.8, 4) is 0 Å². The molecule has 4 nitrogen and oxygen atoms in total. The van der Waals surface area contributed by atoms with Crippen LogP contribution in [0.25, 0.3) is 10.9 Å². The molecule has 0 N–H and O–H groups in total. The number of benzene rings is 3. The summed E-state index contributed by atoms with van der Waals surface area (Å²) in [6.45, 7) is 2.03. The average Bonchev–Trinajstić information content (AvgIpc) is 3.24. The van der Waals surface area contributed by atoms with E-state index in [0.29, 0.717) is 17.1 Å².